The Hall–Kier alpha value is -1.38. The van der Waals surface area contributed by atoms with Crippen molar-refractivity contribution in [3.8, 4) is 0 Å². The van der Waals surface area contributed by atoms with Gasteiger partial charge in [-0.25, -0.2) is 4.98 Å². The number of thioether (sulfide) groups is 1. The van der Waals surface area contributed by atoms with Gasteiger partial charge in [-0.1, -0.05) is 6.08 Å². The average Bonchev–Trinajstić information content (AvgIpc) is 2.89. The number of carboxylic acids is 1. The van der Waals surface area contributed by atoms with Crippen LogP contribution in [0.5, 0.6) is 0 Å². The molecule has 3 N–H and O–H groups in total. The number of aromatic nitrogens is 1. The molecule has 2 saturated heterocycles. The molecule has 2 aliphatic heterocycles. The van der Waals surface area contributed by atoms with Crippen molar-refractivity contribution in [1.29, 1.82) is 0 Å². The van der Waals surface area contributed by atoms with Crippen molar-refractivity contribution in [1.82, 2.24) is 9.88 Å². The first-order chi connectivity index (χ1) is 9.94. The Balaban J connectivity index is 1.85. The predicted octanol–water partition coefficient (Wildman–Crippen LogP) is 0.778. The highest BCUT2D eigenvalue weighted by Gasteiger charge is 2.54. The molecule has 3 heterocycles. The van der Waals surface area contributed by atoms with Gasteiger partial charge in [0.25, 0.3) is 0 Å². The van der Waals surface area contributed by atoms with Gasteiger partial charge in [0.15, 0.2) is 0 Å². The Morgan fingerprint density at radius 1 is 1.67 bits per heavy atom. The third kappa shape index (κ3) is 2.27. The van der Waals surface area contributed by atoms with Crippen LogP contribution in [0, 0.1) is 12.3 Å². The van der Waals surface area contributed by atoms with Gasteiger partial charge in [0, 0.05) is 17.2 Å². The molecule has 2 unspecified atom stereocenters. The van der Waals surface area contributed by atoms with Crippen LogP contribution in [0.2, 0.25) is 0 Å². The van der Waals surface area contributed by atoms with E-state index in [0.717, 1.165) is 10.6 Å². The van der Waals surface area contributed by atoms with Gasteiger partial charge in [-0.2, -0.15) is 0 Å². The first-order valence-corrected chi connectivity index (χ1v) is 8.38. The molecule has 0 bridgehead atoms. The lowest BCUT2D eigenvalue weighted by molar-refractivity contribution is -0.153. The van der Waals surface area contributed by atoms with Crippen molar-refractivity contribution in [2.75, 3.05) is 12.3 Å². The van der Waals surface area contributed by atoms with Crippen LogP contribution in [0.4, 0.5) is 0 Å². The zero-order valence-corrected chi connectivity index (χ0v) is 13.0. The van der Waals surface area contributed by atoms with Crippen LogP contribution >= 0.6 is 23.1 Å². The summed E-state index contributed by atoms with van der Waals surface area (Å²) >= 11 is 2.90. The molecule has 2 aliphatic rings. The zero-order chi connectivity index (χ0) is 15.2. The fourth-order valence-electron chi connectivity index (χ4n) is 2.50. The Bertz CT molecular complexity index is 630. The van der Waals surface area contributed by atoms with Gasteiger partial charge in [0.1, 0.15) is 16.8 Å². The van der Waals surface area contributed by atoms with E-state index in [4.69, 9.17) is 5.73 Å². The third-order valence-electron chi connectivity index (χ3n) is 3.91. The van der Waals surface area contributed by atoms with Gasteiger partial charge in [-0.05, 0) is 13.0 Å². The average molecular weight is 325 g/mol. The minimum absolute atomic E-state index is 0.0801. The number of carbonyl (C=O) groups is 2. The number of rotatable bonds is 3. The lowest BCUT2D eigenvalue weighted by Crippen LogP contribution is -2.71. The summed E-state index contributed by atoms with van der Waals surface area (Å²) in [6.45, 7) is 2.06. The molecule has 0 spiro atoms. The summed E-state index contributed by atoms with van der Waals surface area (Å²) in [5.41, 5.74) is 7.27. The number of hydrogen-bond acceptors (Lipinski definition) is 6. The normalized spacial score (nSPS) is 32.1. The van der Waals surface area contributed by atoms with Crippen molar-refractivity contribution < 1.29 is 14.7 Å². The molecule has 2 fully saturated rings. The van der Waals surface area contributed by atoms with Crippen molar-refractivity contribution in [3.63, 3.8) is 0 Å². The highest BCUT2D eigenvalue weighted by atomic mass is 32.2. The monoisotopic (exact) mass is 325 g/mol. The van der Waals surface area contributed by atoms with Crippen LogP contribution in [0.15, 0.2) is 11.6 Å². The first kappa shape index (κ1) is 14.6. The van der Waals surface area contributed by atoms with Crippen molar-refractivity contribution in [3.05, 3.63) is 22.2 Å². The zero-order valence-electron chi connectivity index (χ0n) is 11.4. The molecule has 8 heteroatoms. The van der Waals surface area contributed by atoms with E-state index in [1.54, 1.807) is 22.6 Å². The topological polar surface area (TPSA) is 96.5 Å². The van der Waals surface area contributed by atoms with Crippen LogP contribution in [-0.2, 0) is 9.59 Å². The predicted molar refractivity (Wildman–Crippen MR) is 81.9 cm³/mol. The third-order valence-corrected chi connectivity index (χ3v) is 6.38. The largest absolute Gasteiger partial charge is 0.481 e. The molecule has 1 amide bonds. The minimum Gasteiger partial charge on any atom is -0.481 e. The standard InChI is InChI=1S/C13H15N3O3S2/c1-7-8(21-6-15-7)2-3-13(12(18)19)4-16-10(17)9(14)11(16)20-5-13/h2-3,6,9,11H,4-5,14H2,1H3,(H,18,19)/b3-2-/t9?,11-,13?/m1/s1. The molecule has 1 aromatic rings. The first-order valence-electron chi connectivity index (χ1n) is 6.45. The number of aliphatic carboxylic acids is 1. The number of aryl methyl sites for hydroxylation is 1. The second-order valence-corrected chi connectivity index (χ2v) is 7.28. The van der Waals surface area contributed by atoms with Crippen molar-refractivity contribution >= 4 is 41.1 Å². The molecule has 0 saturated carbocycles. The summed E-state index contributed by atoms with van der Waals surface area (Å²) in [6.07, 6.45) is 3.49. The number of β-lactam (4-membered cyclic amide) rings is 1. The second-order valence-electron chi connectivity index (χ2n) is 5.29. The molecular formula is C13H15N3O3S2. The number of nitrogens with zero attached hydrogens (tertiary/aromatic N) is 2. The summed E-state index contributed by atoms with van der Waals surface area (Å²) in [7, 11) is 0. The van der Waals surface area contributed by atoms with Gasteiger partial charge >= 0.3 is 5.97 Å². The van der Waals surface area contributed by atoms with E-state index in [0.29, 0.717) is 5.75 Å². The smallest absolute Gasteiger partial charge is 0.316 e. The number of hydrogen-bond donors (Lipinski definition) is 2. The maximum atomic E-state index is 11.8. The maximum absolute atomic E-state index is 11.8. The second kappa shape index (κ2) is 5.11. The van der Waals surface area contributed by atoms with Crippen LogP contribution < -0.4 is 5.73 Å². The Morgan fingerprint density at radius 2 is 2.43 bits per heavy atom. The number of fused-ring (bicyclic) bond motifs is 1. The van der Waals surface area contributed by atoms with Gasteiger partial charge in [0.2, 0.25) is 5.91 Å². The number of nitrogens with two attached hydrogens (primary N) is 1. The van der Waals surface area contributed by atoms with E-state index >= 15 is 0 Å². The quantitative estimate of drug-likeness (QED) is 0.797. The maximum Gasteiger partial charge on any atom is 0.316 e. The van der Waals surface area contributed by atoms with E-state index in [1.165, 1.54) is 23.1 Å². The highest BCUT2D eigenvalue weighted by Crippen LogP contribution is 2.42. The highest BCUT2D eigenvalue weighted by molar-refractivity contribution is 8.00. The fraction of sp³-hybridized carbons (Fsp3) is 0.462. The summed E-state index contributed by atoms with van der Waals surface area (Å²) in [4.78, 5) is 30.1. The molecule has 112 valence electrons. The van der Waals surface area contributed by atoms with Crippen LogP contribution in [0.3, 0.4) is 0 Å². The minimum atomic E-state index is -1.06. The summed E-state index contributed by atoms with van der Waals surface area (Å²) < 4.78 is 0. The Morgan fingerprint density at radius 3 is 3.05 bits per heavy atom. The molecule has 0 aliphatic carbocycles. The SMILES string of the molecule is Cc1ncsc1/C=C\C1(C(=O)O)CS[C@@H]2C(N)C(=O)N2C1. The molecule has 1 aromatic heterocycles. The van der Waals surface area contributed by atoms with Crippen molar-refractivity contribution in [2.45, 2.75) is 18.3 Å². The number of carbonyl (C=O) groups excluding carboxylic acids is 1. The van der Waals surface area contributed by atoms with Crippen LogP contribution in [-0.4, -0.2) is 50.6 Å². The van der Waals surface area contributed by atoms with Crippen LogP contribution in [0.25, 0.3) is 6.08 Å². The summed E-state index contributed by atoms with van der Waals surface area (Å²) in [5.74, 6) is -0.668. The molecule has 6 nitrogen and oxygen atoms in total. The molecule has 0 radical (unpaired) electrons. The molecule has 3 rings (SSSR count). The Kier molecular flexibility index (Phi) is 3.54. The van der Waals surface area contributed by atoms with Gasteiger partial charge < -0.3 is 15.7 Å². The lowest BCUT2D eigenvalue weighted by Gasteiger charge is -2.52. The summed E-state index contributed by atoms with van der Waals surface area (Å²) in [5, 5.41) is 9.54. The fourth-order valence-corrected chi connectivity index (χ4v) is 4.66. The lowest BCUT2D eigenvalue weighted by atomic mass is 9.86. The van der Waals surface area contributed by atoms with E-state index in [-0.39, 0.29) is 17.8 Å². The Labute approximate surface area is 130 Å². The number of thiazole rings is 1. The molecule has 0 aromatic carbocycles. The molecular weight excluding hydrogens is 310 g/mol. The van der Waals surface area contributed by atoms with Crippen molar-refractivity contribution in [2.24, 2.45) is 11.1 Å². The van der Waals surface area contributed by atoms with Gasteiger partial charge in [-0.3, -0.25) is 9.59 Å². The molecule has 3 atom stereocenters. The van der Waals surface area contributed by atoms with E-state index < -0.39 is 17.4 Å². The van der Waals surface area contributed by atoms with Crippen LogP contribution in [0.1, 0.15) is 10.6 Å². The van der Waals surface area contributed by atoms with E-state index in [1.807, 2.05) is 6.92 Å². The molecule has 21 heavy (non-hydrogen) atoms. The number of amides is 1. The van der Waals surface area contributed by atoms with Gasteiger partial charge in [-0.15, -0.1) is 23.1 Å². The summed E-state index contributed by atoms with van der Waals surface area (Å²) in [6, 6.07) is -0.491. The van der Waals surface area contributed by atoms with E-state index in [2.05, 4.69) is 4.98 Å². The van der Waals surface area contributed by atoms with E-state index in [9.17, 15) is 14.7 Å². The number of carboxylic acid groups (broad SMARTS) is 1. The van der Waals surface area contributed by atoms with Gasteiger partial charge in [0.05, 0.1) is 11.2 Å².